The molecule has 0 saturated carbocycles. The van der Waals surface area contributed by atoms with Crippen molar-refractivity contribution in [1.29, 1.82) is 0 Å². The van der Waals surface area contributed by atoms with Crippen molar-refractivity contribution in [2.24, 2.45) is 5.41 Å². The third-order valence-electron chi connectivity index (χ3n) is 3.54. The lowest BCUT2D eigenvalue weighted by atomic mass is 9.87. The minimum absolute atomic E-state index is 0.00575. The fourth-order valence-corrected chi connectivity index (χ4v) is 1.67. The number of nitrogens with zero attached hydrogens (tertiary/aromatic N) is 1. The van der Waals surface area contributed by atoms with Gasteiger partial charge in [-0.25, -0.2) is 0 Å². The van der Waals surface area contributed by atoms with Gasteiger partial charge in [-0.3, -0.25) is 4.79 Å². The van der Waals surface area contributed by atoms with Crippen LogP contribution >= 0.6 is 0 Å². The van der Waals surface area contributed by atoms with Crippen molar-refractivity contribution in [2.45, 2.75) is 27.7 Å². The lowest BCUT2D eigenvalue weighted by molar-refractivity contribution is -0.112. The first kappa shape index (κ1) is 17.2. The van der Waals surface area contributed by atoms with Crippen LogP contribution in [-0.4, -0.2) is 31.2 Å². The van der Waals surface area contributed by atoms with Crippen LogP contribution in [-0.2, 0) is 4.79 Å². The molecular weight excluding hydrogens is 264 g/mol. The summed E-state index contributed by atoms with van der Waals surface area (Å²) in [4.78, 5) is 13.9. The molecule has 0 saturated heterocycles. The van der Waals surface area contributed by atoms with Gasteiger partial charge in [0.1, 0.15) is 0 Å². The molecule has 0 aliphatic rings. The van der Waals surface area contributed by atoms with Crippen LogP contribution in [0.1, 0.15) is 27.7 Å². The third-order valence-corrected chi connectivity index (χ3v) is 3.54. The summed E-state index contributed by atoms with van der Waals surface area (Å²) in [7, 11) is 1.92. The molecule has 1 aromatic rings. The summed E-state index contributed by atoms with van der Waals surface area (Å²) in [5.41, 5.74) is 2.80. The number of aliphatic hydroxyl groups excluding tert-OH is 1. The second kappa shape index (κ2) is 7.27. The fourth-order valence-electron chi connectivity index (χ4n) is 1.67. The highest BCUT2D eigenvalue weighted by Gasteiger charge is 2.13. The largest absolute Gasteiger partial charge is 0.395 e. The Morgan fingerprint density at radius 1 is 1.29 bits per heavy atom. The van der Waals surface area contributed by atoms with Gasteiger partial charge in [0.2, 0.25) is 5.91 Å². The summed E-state index contributed by atoms with van der Waals surface area (Å²) in [6, 6.07) is 7.57. The molecule has 0 spiro atoms. The summed E-state index contributed by atoms with van der Waals surface area (Å²) in [6.07, 6.45) is 1.64. The van der Waals surface area contributed by atoms with E-state index in [1.54, 1.807) is 6.08 Å². The van der Waals surface area contributed by atoms with Crippen molar-refractivity contribution in [3.05, 3.63) is 35.9 Å². The normalized spacial score (nSPS) is 12.2. The van der Waals surface area contributed by atoms with E-state index in [1.807, 2.05) is 43.1 Å². The number of amides is 1. The summed E-state index contributed by atoms with van der Waals surface area (Å²) >= 11 is 0. The second-order valence-electron chi connectivity index (χ2n) is 6.26. The Morgan fingerprint density at radius 2 is 1.86 bits per heavy atom. The average Bonchev–Trinajstić information content (AvgIpc) is 2.38. The highest BCUT2D eigenvalue weighted by molar-refractivity contribution is 5.99. The molecule has 4 heteroatoms. The number of hydrogen-bond acceptors (Lipinski definition) is 3. The first-order valence-corrected chi connectivity index (χ1v) is 7.16. The predicted molar refractivity (Wildman–Crippen MR) is 88.6 cm³/mol. The Labute approximate surface area is 127 Å². The highest BCUT2D eigenvalue weighted by Crippen LogP contribution is 2.24. The Hall–Kier alpha value is -1.81. The van der Waals surface area contributed by atoms with E-state index in [0.29, 0.717) is 6.54 Å². The van der Waals surface area contributed by atoms with Gasteiger partial charge in [-0.15, -0.1) is 0 Å². The number of likely N-dealkylation sites (N-methyl/N-ethyl adjacent to an activating group) is 1. The van der Waals surface area contributed by atoms with E-state index in [9.17, 15) is 4.79 Å². The third kappa shape index (κ3) is 5.60. The molecule has 0 unspecified atom stereocenters. The number of hydrogen-bond donors (Lipinski definition) is 2. The molecule has 0 bridgehead atoms. The van der Waals surface area contributed by atoms with Crippen LogP contribution in [0.4, 0.5) is 11.4 Å². The summed E-state index contributed by atoms with van der Waals surface area (Å²) in [5, 5.41) is 11.8. The van der Waals surface area contributed by atoms with E-state index in [2.05, 4.69) is 26.1 Å². The highest BCUT2D eigenvalue weighted by atomic mass is 16.3. The Balaban J connectivity index is 2.70. The number of rotatable bonds is 5. The topological polar surface area (TPSA) is 52.6 Å². The Morgan fingerprint density at radius 3 is 2.33 bits per heavy atom. The van der Waals surface area contributed by atoms with Crippen molar-refractivity contribution in [3.63, 3.8) is 0 Å². The molecular formula is C17H26N2O2. The van der Waals surface area contributed by atoms with E-state index in [0.717, 1.165) is 16.9 Å². The minimum atomic E-state index is -0.112. The first-order chi connectivity index (χ1) is 9.74. The van der Waals surface area contributed by atoms with Crippen molar-refractivity contribution in [1.82, 2.24) is 0 Å². The average molecular weight is 290 g/mol. The van der Waals surface area contributed by atoms with Gasteiger partial charge in [0.15, 0.2) is 0 Å². The van der Waals surface area contributed by atoms with E-state index in [4.69, 9.17) is 5.11 Å². The minimum Gasteiger partial charge on any atom is -0.395 e. The Bertz CT molecular complexity index is 499. The summed E-state index contributed by atoms with van der Waals surface area (Å²) in [6.45, 7) is 8.91. The number of anilines is 2. The maximum atomic E-state index is 12.0. The molecule has 1 amide bonds. The summed E-state index contributed by atoms with van der Waals surface area (Å²) in [5.74, 6) is -0.112. The van der Waals surface area contributed by atoms with Gasteiger partial charge in [-0.2, -0.15) is 0 Å². The molecule has 0 fully saturated rings. The van der Waals surface area contributed by atoms with E-state index in [-0.39, 0.29) is 17.9 Å². The van der Waals surface area contributed by atoms with Gasteiger partial charge < -0.3 is 15.3 Å². The Kier molecular flexibility index (Phi) is 5.97. The van der Waals surface area contributed by atoms with E-state index in [1.165, 1.54) is 0 Å². The van der Waals surface area contributed by atoms with Crippen molar-refractivity contribution in [3.8, 4) is 0 Å². The number of allylic oxidation sites excluding steroid dienone is 1. The fraction of sp³-hybridized carbons (Fsp3) is 0.471. The number of nitrogens with one attached hydrogen (secondary N) is 1. The molecule has 1 aromatic carbocycles. The maximum absolute atomic E-state index is 12.0. The molecule has 21 heavy (non-hydrogen) atoms. The van der Waals surface area contributed by atoms with Gasteiger partial charge in [-0.05, 0) is 36.6 Å². The molecule has 0 aliphatic heterocycles. The van der Waals surface area contributed by atoms with Crippen LogP contribution in [0.15, 0.2) is 35.9 Å². The van der Waals surface area contributed by atoms with Gasteiger partial charge in [0, 0.05) is 31.0 Å². The van der Waals surface area contributed by atoms with Crippen LogP contribution in [0, 0.1) is 5.41 Å². The SMILES string of the molecule is C/C(=C/C(=O)Nc1ccc(N(C)CCO)cc1)C(C)(C)C. The van der Waals surface area contributed by atoms with Crippen molar-refractivity contribution in [2.75, 3.05) is 30.4 Å². The molecule has 0 atom stereocenters. The van der Waals surface area contributed by atoms with E-state index >= 15 is 0 Å². The zero-order valence-electron chi connectivity index (χ0n) is 13.6. The molecule has 0 radical (unpaired) electrons. The van der Waals surface area contributed by atoms with Crippen molar-refractivity contribution < 1.29 is 9.90 Å². The lowest BCUT2D eigenvalue weighted by Gasteiger charge is -2.19. The van der Waals surface area contributed by atoms with E-state index < -0.39 is 0 Å². The molecule has 0 aromatic heterocycles. The van der Waals surface area contributed by atoms with Gasteiger partial charge >= 0.3 is 0 Å². The molecule has 116 valence electrons. The van der Waals surface area contributed by atoms with Gasteiger partial charge in [0.05, 0.1) is 6.61 Å². The number of carbonyl (C=O) groups is 1. The quantitative estimate of drug-likeness (QED) is 0.820. The zero-order valence-corrected chi connectivity index (χ0v) is 13.6. The van der Waals surface area contributed by atoms with Gasteiger partial charge in [0.25, 0.3) is 0 Å². The molecule has 0 aliphatic carbocycles. The number of carbonyl (C=O) groups excluding carboxylic acids is 1. The zero-order chi connectivity index (χ0) is 16.0. The van der Waals surface area contributed by atoms with Crippen LogP contribution in [0.2, 0.25) is 0 Å². The maximum Gasteiger partial charge on any atom is 0.248 e. The molecule has 4 nitrogen and oxygen atoms in total. The number of benzene rings is 1. The number of aliphatic hydroxyl groups is 1. The van der Waals surface area contributed by atoms with Gasteiger partial charge in [-0.1, -0.05) is 26.3 Å². The molecule has 0 heterocycles. The first-order valence-electron chi connectivity index (χ1n) is 7.16. The predicted octanol–water partition coefficient (Wildman–Crippen LogP) is 3.05. The van der Waals surface area contributed by atoms with Crippen LogP contribution in [0.25, 0.3) is 0 Å². The second-order valence-corrected chi connectivity index (χ2v) is 6.26. The lowest BCUT2D eigenvalue weighted by Crippen LogP contribution is -2.21. The summed E-state index contributed by atoms with van der Waals surface area (Å²) < 4.78 is 0. The smallest absolute Gasteiger partial charge is 0.248 e. The van der Waals surface area contributed by atoms with Crippen LogP contribution in [0.3, 0.4) is 0 Å². The van der Waals surface area contributed by atoms with Crippen LogP contribution < -0.4 is 10.2 Å². The molecule has 2 N–H and O–H groups in total. The standard InChI is InChI=1S/C17H26N2O2/c1-13(17(2,3)4)12-16(21)18-14-6-8-15(9-7-14)19(5)10-11-20/h6-9,12,20H,10-11H2,1-5H3,(H,18,21)/b13-12-. The molecule has 1 rings (SSSR count). The van der Waals surface area contributed by atoms with Crippen LogP contribution in [0.5, 0.6) is 0 Å². The van der Waals surface area contributed by atoms with Crippen molar-refractivity contribution >= 4 is 17.3 Å². The monoisotopic (exact) mass is 290 g/mol.